The lowest BCUT2D eigenvalue weighted by Crippen LogP contribution is -2.58. The minimum atomic E-state index is -1.57. The standard InChI is InChI=1S/C21H37N9O6/c1-11(2)6-13(22)17(32)28-14(4-3-5-26-21(23)24)18(33)29-15(7-12-8-25-10-27-12)19(34)30-16(9-31)20(35)36/h8,10-11,13-16,31H,3-7,9,22H2,1-2H3,(H,25,27)(H,28,32)(H,29,33)(H,30,34)(H,35,36)(H4,23,24,26). The Labute approximate surface area is 208 Å². The van der Waals surface area contributed by atoms with Crippen LogP contribution in [-0.4, -0.2) is 87.2 Å². The van der Waals surface area contributed by atoms with E-state index in [1.54, 1.807) is 0 Å². The number of amides is 3. The molecule has 0 bridgehead atoms. The molecule has 1 aromatic heterocycles. The number of imidazole rings is 1. The fraction of sp³-hybridized carbons (Fsp3) is 0.619. The van der Waals surface area contributed by atoms with Gasteiger partial charge in [-0.1, -0.05) is 13.8 Å². The number of aromatic amines is 1. The molecule has 202 valence electrons. The van der Waals surface area contributed by atoms with Crippen molar-refractivity contribution >= 4 is 29.7 Å². The number of hydrogen-bond acceptors (Lipinski definition) is 8. The van der Waals surface area contributed by atoms with E-state index in [9.17, 15) is 24.3 Å². The first-order valence-corrected chi connectivity index (χ1v) is 11.5. The highest BCUT2D eigenvalue weighted by atomic mass is 16.4. The van der Waals surface area contributed by atoms with Crippen LogP contribution in [-0.2, 0) is 25.6 Å². The SMILES string of the molecule is CC(C)CC(N)C(=O)NC(CCCN=C(N)N)C(=O)NC(Cc1cnc[nH]1)C(=O)NC(CO)C(=O)O. The number of carbonyl (C=O) groups excluding carboxylic acids is 3. The number of aliphatic imine (C=N–C) groups is 1. The van der Waals surface area contributed by atoms with Crippen molar-refractivity contribution in [2.75, 3.05) is 13.2 Å². The average Bonchev–Trinajstić information content (AvgIpc) is 3.30. The van der Waals surface area contributed by atoms with Crippen LogP contribution in [0, 0.1) is 5.92 Å². The minimum absolute atomic E-state index is 0.0587. The smallest absolute Gasteiger partial charge is 0.328 e. The highest BCUT2D eigenvalue weighted by Crippen LogP contribution is 2.07. The molecular weight excluding hydrogens is 474 g/mol. The second-order valence-electron chi connectivity index (χ2n) is 8.67. The van der Waals surface area contributed by atoms with E-state index < -0.39 is 54.5 Å². The van der Waals surface area contributed by atoms with Gasteiger partial charge in [0.25, 0.3) is 0 Å². The summed E-state index contributed by atoms with van der Waals surface area (Å²) < 4.78 is 0. The molecular formula is C21H37N9O6. The lowest BCUT2D eigenvalue weighted by atomic mass is 10.0. The van der Waals surface area contributed by atoms with Crippen molar-refractivity contribution in [3.8, 4) is 0 Å². The molecule has 0 aliphatic carbocycles. The van der Waals surface area contributed by atoms with E-state index in [1.807, 2.05) is 13.8 Å². The third kappa shape index (κ3) is 11.1. The number of hydrogen-bond donors (Lipinski definition) is 9. The first-order valence-electron chi connectivity index (χ1n) is 11.5. The summed E-state index contributed by atoms with van der Waals surface area (Å²) in [5, 5.41) is 25.7. The first-order chi connectivity index (χ1) is 16.9. The Hall–Kier alpha value is -3.72. The summed E-state index contributed by atoms with van der Waals surface area (Å²) in [6.07, 6.45) is 3.62. The van der Waals surface area contributed by atoms with Crippen LogP contribution in [0.15, 0.2) is 17.5 Å². The van der Waals surface area contributed by atoms with E-state index in [4.69, 9.17) is 22.3 Å². The van der Waals surface area contributed by atoms with Gasteiger partial charge in [-0.2, -0.15) is 0 Å². The maximum Gasteiger partial charge on any atom is 0.328 e. The maximum atomic E-state index is 13.2. The zero-order chi connectivity index (χ0) is 27.3. The summed E-state index contributed by atoms with van der Waals surface area (Å²) in [5.41, 5.74) is 17.1. The molecule has 0 fully saturated rings. The Kier molecular flexibility index (Phi) is 12.9. The van der Waals surface area contributed by atoms with Crippen molar-refractivity contribution in [3.05, 3.63) is 18.2 Å². The Morgan fingerprint density at radius 3 is 2.19 bits per heavy atom. The van der Waals surface area contributed by atoms with Crippen LogP contribution in [0.5, 0.6) is 0 Å². The lowest BCUT2D eigenvalue weighted by molar-refractivity contribution is -0.143. The number of nitrogens with zero attached hydrogens (tertiary/aromatic N) is 2. The van der Waals surface area contributed by atoms with E-state index in [0.717, 1.165) is 0 Å². The monoisotopic (exact) mass is 511 g/mol. The molecule has 4 atom stereocenters. The van der Waals surface area contributed by atoms with Crippen LogP contribution >= 0.6 is 0 Å². The molecule has 0 radical (unpaired) electrons. The van der Waals surface area contributed by atoms with E-state index in [2.05, 4.69) is 30.9 Å². The van der Waals surface area contributed by atoms with Gasteiger partial charge in [-0.05, 0) is 25.2 Å². The summed E-state index contributed by atoms with van der Waals surface area (Å²) in [5.74, 6) is -3.49. The molecule has 1 heterocycles. The Morgan fingerprint density at radius 2 is 1.67 bits per heavy atom. The summed E-state index contributed by atoms with van der Waals surface area (Å²) in [6.45, 7) is 3.17. The number of nitrogens with one attached hydrogen (secondary N) is 4. The summed E-state index contributed by atoms with van der Waals surface area (Å²) in [4.78, 5) is 60.3. The van der Waals surface area contributed by atoms with Crippen LogP contribution in [0.1, 0.15) is 38.8 Å². The van der Waals surface area contributed by atoms with Crippen LogP contribution in [0.25, 0.3) is 0 Å². The number of aromatic nitrogens is 2. The number of aliphatic hydroxyl groups is 1. The predicted molar refractivity (Wildman–Crippen MR) is 130 cm³/mol. The number of H-pyrrole nitrogens is 1. The lowest BCUT2D eigenvalue weighted by Gasteiger charge is -2.25. The predicted octanol–water partition coefficient (Wildman–Crippen LogP) is -3.09. The van der Waals surface area contributed by atoms with Gasteiger partial charge in [0.05, 0.1) is 19.0 Å². The third-order valence-corrected chi connectivity index (χ3v) is 5.05. The second kappa shape index (κ2) is 15.3. The second-order valence-corrected chi connectivity index (χ2v) is 8.67. The molecule has 0 aliphatic rings. The number of carboxylic acid groups (broad SMARTS) is 1. The van der Waals surface area contributed by atoms with Crippen LogP contribution < -0.4 is 33.2 Å². The van der Waals surface area contributed by atoms with Gasteiger partial charge in [0.1, 0.15) is 18.1 Å². The quantitative estimate of drug-likeness (QED) is 0.0613. The fourth-order valence-electron chi connectivity index (χ4n) is 3.22. The zero-order valence-corrected chi connectivity index (χ0v) is 20.4. The molecule has 0 saturated carbocycles. The number of carbonyl (C=O) groups is 4. The summed E-state index contributed by atoms with van der Waals surface area (Å²) >= 11 is 0. The molecule has 0 aromatic carbocycles. The highest BCUT2D eigenvalue weighted by Gasteiger charge is 2.30. The van der Waals surface area contributed by atoms with Crippen LogP contribution in [0.3, 0.4) is 0 Å². The fourth-order valence-corrected chi connectivity index (χ4v) is 3.22. The van der Waals surface area contributed by atoms with E-state index in [1.165, 1.54) is 12.5 Å². The van der Waals surface area contributed by atoms with Gasteiger partial charge in [-0.3, -0.25) is 19.4 Å². The molecule has 1 aromatic rings. The van der Waals surface area contributed by atoms with Gasteiger partial charge in [0.15, 0.2) is 5.96 Å². The van der Waals surface area contributed by atoms with Crippen LogP contribution in [0.4, 0.5) is 0 Å². The summed E-state index contributed by atoms with van der Waals surface area (Å²) in [6, 6.07) is -4.73. The number of nitrogens with two attached hydrogens (primary N) is 3. The Morgan fingerprint density at radius 1 is 1.06 bits per heavy atom. The zero-order valence-electron chi connectivity index (χ0n) is 20.4. The minimum Gasteiger partial charge on any atom is -0.480 e. The van der Waals surface area contributed by atoms with Crippen molar-refractivity contribution in [2.24, 2.45) is 28.1 Å². The number of aliphatic carboxylic acids is 1. The van der Waals surface area contributed by atoms with Gasteiger partial charge in [0.2, 0.25) is 17.7 Å². The number of rotatable bonds is 16. The molecule has 4 unspecified atom stereocenters. The van der Waals surface area contributed by atoms with Crippen molar-refractivity contribution in [2.45, 2.75) is 63.7 Å². The van der Waals surface area contributed by atoms with Gasteiger partial charge in [-0.25, -0.2) is 9.78 Å². The highest BCUT2D eigenvalue weighted by molar-refractivity contribution is 5.94. The molecule has 36 heavy (non-hydrogen) atoms. The normalized spacial score (nSPS) is 14.2. The topological polar surface area (TPSA) is 264 Å². The van der Waals surface area contributed by atoms with E-state index in [0.29, 0.717) is 18.5 Å². The number of aliphatic hydroxyl groups excluding tert-OH is 1. The molecule has 1 rings (SSSR count). The van der Waals surface area contributed by atoms with E-state index in [-0.39, 0.29) is 31.3 Å². The van der Waals surface area contributed by atoms with Gasteiger partial charge in [0, 0.05) is 24.9 Å². The van der Waals surface area contributed by atoms with Crippen molar-refractivity contribution in [1.29, 1.82) is 0 Å². The Bertz CT molecular complexity index is 886. The molecule has 0 aliphatic heterocycles. The molecule has 15 nitrogen and oxygen atoms in total. The molecule has 3 amide bonds. The number of carboxylic acids is 1. The van der Waals surface area contributed by atoms with E-state index >= 15 is 0 Å². The molecule has 12 N–H and O–H groups in total. The van der Waals surface area contributed by atoms with Gasteiger partial charge in [-0.15, -0.1) is 0 Å². The molecule has 0 spiro atoms. The summed E-state index contributed by atoms with van der Waals surface area (Å²) in [7, 11) is 0. The van der Waals surface area contributed by atoms with Gasteiger partial charge >= 0.3 is 5.97 Å². The molecule has 15 heteroatoms. The van der Waals surface area contributed by atoms with Crippen molar-refractivity contribution < 1.29 is 29.4 Å². The number of guanidine groups is 1. The third-order valence-electron chi connectivity index (χ3n) is 5.05. The van der Waals surface area contributed by atoms with Crippen molar-refractivity contribution in [3.63, 3.8) is 0 Å². The largest absolute Gasteiger partial charge is 0.480 e. The average molecular weight is 512 g/mol. The maximum absolute atomic E-state index is 13.2. The Balaban J connectivity index is 3.05. The first kappa shape index (κ1) is 30.3. The van der Waals surface area contributed by atoms with Gasteiger partial charge < -0.3 is 48.3 Å². The molecule has 0 saturated heterocycles. The van der Waals surface area contributed by atoms with Crippen LogP contribution in [0.2, 0.25) is 0 Å². The van der Waals surface area contributed by atoms with Crippen molar-refractivity contribution in [1.82, 2.24) is 25.9 Å².